The van der Waals surface area contributed by atoms with Crippen molar-refractivity contribution in [3.8, 4) is 0 Å². The van der Waals surface area contributed by atoms with Gasteiger partial charge in [0.2, 0.25) is 5.91 Å². The lowest BCUT2D eigenvalue weighted by Crippen LogP contribution is -2.37. The molecule has 1 aromatic heterocycles. The van der Waals surface area contributed by atoms with Gasteiger partial charge in [0, 0.05) is 12.1 Å². The maximum atomic E-state index is 12.4. The first-order valence-electron chi connectivity index (χ1n) is 8.59. The largest absolute Gasteiger partial charge is 0.355 e. The molecule has 0 atom stereocenters. The molecule has 9 heteroatoms. The zero-order valence-corrected chi connectivity index (χ0v) is 16.8. The van der Waals surface area contributed by atoms with Gasteiger partial charge >= 0.3 is 0 Å². The first kappa shape index (κ1) is 20.6. The highest BCUT2D eigenvalue weighted by Gasteiger charge is 2.20. The fraction of sp³-hybridized carbons (Fsp3) is 0.333. The van der Waals surface area contributed by atoms with Crippen molar-refractivity contribution in [2.24, 2.45) is 0 Å². The minimum absolute atomic E-state index is 0.122. The van der Waals surface area contributed by atoms with Crippen molar-refractivity contribution in [1.29, 1.82) is 0 Å². The van der Waals surface area contributed by atoms with E-state index in [2.05, 4.69) is 42.1 Å². The van der Waals surface area contributed by atoms with Crippen molar-refractivity contribution in [2.45, 2.75) is 26.7 Å². The van der Waals surface area contributed by atoms with E-state index in [4.69, 9.17) is 0 Å². The molecule has 0 unspecified atom stereocenters. The molecule has 0 aliphatic heterocycles. The van der Waals surface area contributed by atoms with Crippen molar-refractivity contribution < 1.29 is 14.4 Å². The topological polar surface area (TPSA) is 116 Å². The quantitative estimate of drug-likeness (QED) is 0.476. The molecule has 0 saturated carbocycles. The standard InChI is InChI=1S/C18H22BrN5O3/c1-3-4-9-20-13(25)10-21-18(27)15-14(19)16(24-23-15)22-17(26)12-8-6-5-7-11(12)2/h5-8H,3-4,9-10H2,1-2H3,(H,20,25)(H,21,27)(H2,22,23,24,26). The normalized spacial score (nSPS) is 10.3. The highest BCUT2D eigenvalue weighted by atomic mass is 79.9. The maximum Gasteiger partial charge on any atom is 0.270 e. The average Bonchev–Trinajstić information content (AvgIpc) is 3.01. The SMILES string of the molecule is CCCCNC(=O)CNC(=O)c1[nH]nc(NC(=O)c2ccccc2C)c1Br. The monoisotopic (exact) mass is 435 g/mol. The van der Waals surface area contributed by atoms with Gasteiger partial charge in [0.15, 0.2) is 5.82 Å². The Hall–Kier alpha value is -2.68. The Bertz CT molecular complexity index is 834. The second-order valence-electron chi connectivity index (χ2n) is 5.92. The molecular formula is C18H22BrN5O3. The van der Waals surface area contributed by atoms with Crippen molar-refractivity contribution in [2.75, 3.05) is 18.4 Å². The van der Waals surface area contributed by atoms with Crippen LogP contribution in [0.2, 0.25) is 0 Å². The van der Waals surface area contributed by atoms with Crippen LogP contribution in [0.15, 0.2) is 28.7 Å². The predicted molar refractivity (Wildman–Crippen MR) is 106 cm³/mol. The molecular weight excluding hydrogens is 414 g/mol. The van der Waals surface area contributed by atoms with Gasteiger partial charge in [0.25, 0.3) is 11.8 Å². The Morgan fingerprint density at radius 1 is 1.15 bits per heavy atom. The van der Waals surface area contributed by atoms with Gasteiger partial charge < -0.3 is 16.0 Å². The summed E-state index contributed by atoms with van der Waals surface area (Å²) in [7, 11) is 0. The van der Waals surface area contributed by atoms with Crippen molar-refractivity contribution in [3.63, 3.8) is 0 Å². The lowest BCUT2D eigenvalue weighted by Gasteiger charge is -2.06. The van der Waals surface area contributed by atoms with Crippen LogP contribution in [0.1, 0.15) is 46.2 Å². The number of amides is 3. The van der Waals surface area contributed by atoms with Gasteiger partial charge in [0.05, 0.1) is 11.0 Å². The number of carbonyl (C=O) groups excluding carboxylic acids is 3. The third-order valence-corrected chi connectivity index (χ3v) is 4.59. The van der Waals surface area contributed by atoms with Crippen LogP contribution in [0.25, 0.3) is 0 Å². The van der Waals surface area contributed by atoms with E-state index in [-0.39, 0.29) is 29.9 Å². The Morgan fingerprint density at radius 3 is 2.59 bits per heavy atom. The molecule has 2 rings (SSSR count). The van der Waals surface area contributed by atoms with Crippen LogP contribution in [0.3, 0.4) is 0 Å². The number of benzene rings is 1. The molecule has 27 heavy (non-hydrogen) atoms. The number of aryl methyl sites for hydroxylation is 1. The van der Waals surface area contributed by atoms with Gasteiger partial charge in [-0.15, -0.1) is 0 Å². The summed E-state index contributed by atoms with van der Waals surface area (Å²) in [6.07, 6.45) is 1.86. The molecule has 4 N–H and O–H groups in total. The number of anilines is 1. The molecule has 0 bridgehead atoms. The number of nitrogens with one attached hydrogen (secondary N) is 4. The summed E-state index contributed by atoms with van der Waals surface area (Å²) in [6.45, 7) is 4.30. The van der Waals surface area contributed by atoms with E-state index in [1.807, 2.05) is 26.0 Å². The summed E-state index contributed by atoms with van der Waals surface area (Å²) < 4.78 is 0.313. The van der Waals surface area contributed by atoms with Crippen LogP contribution < -0.4 is 16.0 Å². The van der Waals surface area contributed by atoms with Gasteiger partial charge in [-0.25, -0.2) is 0 Å². The molecule has 2 aromatic rings. The number of nitrogens with zero attached hydrogens (tertiary/aromatic N) is 1. The molecule has 0 spiro atoms. The molecule has 3 amide bonds. The zero-order valence-electron chi connectivity index (χ0n) is 15.2. The molecule has 0 radical (unpaired) electrons. The highest BCUT2D eigenvalue weighted by Crippen LogP contribution is 2.24. The molecule has 144 valence electrons. The minimum Gasteiger partial charge on any atom is -0.355 e. The molecule has 8 nitrogen and oxygen atoms in total. The van der Waals surface area contributed by atoms with E-state index in [1.165, 1.54) is 0 Å². The summed E-state index contributed by atoms with van der Waals surface area (Å²) in [5, 5.41) is 14.4. The summed E-state index contributed by atoms with van der Waals surface area (Å²) in [6, 6.07) is 7.15. The smallest absolute Gasteiger partial charge is 0.270 e. The number of unbranched alkanes of at least 4 members (excludes halogenated alkanes) is 1. The van der Waals surface area contributed by atoms with Crippen molar-refractivity contribution in [1.82, 2.24) is 20.8 Å². The van der Waals surface area contributed by atoms with Crippen molar-refractivity contribution in [3.05, 3.63) is 45.6 Å². The number of H-pyrrole nitrogens is 1. The zero-order chi connectivity index (χ0) is 19.8. The van der Waals surface area contributed by atoms with E-state index < -0.39 is 5.91 Å². The first-order chi connectivity index (χ1) is 12.9. The van der Waals surface area contributed by atoms with Gasteiger partial charge in [-0.2, -0.15) is 5.10 Å². The fourth-order valence-electron chi connectivity index (χ4n) is 2.28. The van der Waals surface area contributed by atoms with Crippen molar-refractivity contribution >= 4 is 39.5 Å². The molecule has 0 saturated heterocycles. The number of carbonyl (C=O) groups is 3. The lowest BCUT2D eigenvalue weighted by atomic mass is 10.1. The van der Waals surface area contributed by atoms with Crippen LogP contribution in [-0.4, -0.2) is 41.0 Å². The average molecular weight is 436 g/mol. The molecule has 1 aromatic carbocycles. The third kappa shape index (κ3) is 5.65. The molecule has 1 heterocycles. The van der Waals surface area contributed by atoms with Crippen LogP contribution in [-0.2, 0) is 4.79 Å². The van der Waals surface area contributed by atoms with Gasteiger partial charge in [-0.05, 0) is 40.9 Å². The second kappa shape index (κ2) is 9.86. The number of aromatic nitrogens is 2. The maximum absolute atomic E-state index is 12.4. The number of aromatic amines is 1. The van der Waals surface area contributed by atoms with Gasteiger partial charge in [0.1, 0.15) is 5.69 Å². The van der Waals surface area contributed by atoms with E-state index in [9.17, 15) is 14.4 Å². The van der Waals surface area contributed by atoms with E-state index in [0.717, 1.165) is 18.4 Å². The number of halogens is 1. The fourth-order valence-corrected chi connectivity index (χ4v) is 2.74. The summed E-state index contributed by atoms with van der Waals surface area (Å²) in [5.74, 6) is -0.903. The van der Waals surface area contributed by atoms with Crippen LogP contribution in [0, 0.1) is 6.92 Å². The predicted octanol–water partition coefficient (Wildman–Crippen LogP) is 2.38. The van der Waals surface area contributed by atoms with E-state index in [1.54, 1.807) is 12.1 Å². The molecule has 0 fully saturated rings. The summed E-state index contributed by atoms with van der Waals surface area (Å²) >= 11 is 3.26. The third-order valence-electron chi connectivity index (χ3n) is 3.82. The van der Waals surface area contributed by atoms with E-state index in [0.29, 0.717) is 16.6 Å². The summed E-state index contributed by atoms with van der Waals surface area (Å²) in [5.41, 5.74) is 1.47. The summed E-state index contributed by atoms with van der Waals surface area (Å²) in [4.78, 5) is 36.2. The van der Waals surface area contributed by atoms with Crippen LogP contribution >= 0.6 is 15.9 Å². The minimum atomic E-state index is -0.503. The molecule has 0 aliphatic carbocycles. The van der Waals surface area contributed by atoms with E-state index >= 15 is 0 Å². The Labute approximate surface area is 165 Å². The lowest BCUT2D eigenvalue weighted by molar-refractivity contribution is -0.120. The Balaban J connectivity index is 1.96. The Morgan fingerprint density at radius 2 is 1.89 bits per heavy atom. The first-order valence-corrected chi connectivity index (χ1v) is 9.39. The van der Waals surface area contributed by atoms with Gasteiger partial charge in [-0.3, -0.25) is 19.5 Å². The highest BCUT2D eigenvalue weighted by molar-refractivity contribution is 9.10. The van der Waals surface area contributed by atoms with Crippen LogP contribution in [0.4, 0.5) is 5.82 Å². The number of hydrogen-bond acceptors (Lipinski definition) is 4. The number of rotatable bonds is 8. The van der Waals surface area contributed by atoms with Gasteiger partial charge in [-0.1, -0.05) is 31.5 Å². The molecule has 0 aliphatic rings. The van der Waals surface area contributed by atoms with Crippen LogP contribution in [0.5, 0.6) is 0 Å². The Kier molecular flexibility index (Phi) is 7.54. The number of hydrogen-bond donors (Lipinski definition) is 4. The second-order valence-corrected chi connectivity index (χ2v) is 6.71.